The lowest BCUT2D eigenvalue weighted by atomic mass is 9.99. The van der Waals surface area contributed by atoms with E-state index < -0.39 is 0 Å². The van der Waals surface area contributed by atoms with Gasteiger partial charge in [0.15, 0.2) is 0 Å². The second-order valence-electron chi connectivity index (χ2n) is 5.32. The normalized spacial score (nSPS) is 21.5. The van der Waals surface area contributed by atoms with Crippen LogP contribution in [0.25, 0.3) is 0 Å². The largest absolute Gasteiger partial charge is 0.378 e. The molecule has 1 aliphatic rings. The van der Waals surface area contributed by atoms with Crippen molar-refractivity contribution >= 4 is 0 Å². The van der Waals surface area contributed by atoms with Crippen LogP contribution >= 0.6 is 0 Å². The zero-order chi connectivity index (χ0) is 13.5. The SMILES string of the molecule is CCCn1cc(C(CCC2CCCCO2)NN)cn1. The van der Waals surface area contributed by atoms with E-state index in [0.717, 1.165) is 32.4 Å². The van der Waals surface area contributed by atoms with Crippen molar-refractivity contribution in [1.82, 2.24) is 15.2 Å². The number of aryl methyl sites for hydroxylation is 1. The molecule has 0 amide bonds. The third-order valence-corrected chi connectivity index (χ3v) is 3.76. The van der Waals surface area contributed by atoms with Crippen molar-refractivity contribution < 1.29 is 4.74 Å². The summed E-state index contributed by atoms with van der Waals surface area (Å²) in [5.41, 5.74) is 4.08. The lowest BCUT2D eigenvalue weighted by Crippen LogP contribution is -2.29. The molecule has 1 fully saturated rings. The molecular weight excluding hydrogens is 240 g/mol. The van der Waals surface area contributed by atoms with Crippen molar-refractivity contribution in [2.24, 2.45) is 5.84 Å². The van der Waals surface area contributed by atoms with Crippen molar-refractivity contribution in [2.75, 3.05) is 6.61 Å². The number of ether oxygens (including phenoxy) is 1. The first-order chi connectivity index (χ1) is 9.33. The molecule has 5 heteroatoms. The van der Waals surface area contributed by atoms with Crippen LogP contribution in [0.1, 0.15) is 57.1 Å². The van der Waals surface area contributed by atoms with E-state index >= 15 is 0 Å². The van der Waals surface area contributed by atoms with Crippen molar-refractivity contribution in [1.29, 1.82) is 0 Å². The van der Waals surface area contributed by atoms with E-state index in [0.29, 0.717) is 6.10 Å². The second kappa shape index (κ2) is 7.62. The molecule has 0 radical (unpaired) electrons. The molecule has 108 valence electrons. The number of nitrogens with two attached hydrogens (primary N) is 1. The van der Waals surface area contributed by atoms with Crippen LogP contribution in [0.5, 0.6) is 0 Å². The van der Waals surface area contributed by atoms with Gasteiger partial charge >= 0.3 is 0 Å². The minimum absolute atomic E-state index is 0.177. The van der Waals surface area contributed by atoms with E-state index in [4.69, 9.17) is 10.6 Å². The molecule has 2 rings (SSSR count). The van der Waals surface area contributed by atoms with Crippen LogP contribution in [0.3, 0.4) is 0 Å². The summed E-state index contributed by atoms with van der Waals surface area (Å²) in [5, 5.41) is 4.36. The molecule has 5 nitrogen and oxygen atoms in total. The summed E-state index contributed by atoms with van der Waals surface area (Å²) in [6, 6.07) is 0.177. The average molecular weight is 266 g/mol. The molecule has 0 spiro atoms. The Kier molecular flexibility index (Phi) is 5.82. The molecule has 0 aliphatic carbocycles. The Hall–Kier alpha value is -0.910. The predicted octanol–water partition coefficient (Wildman–Crippen LogP) is 2.15. The highest BCUT2D eigenvalue weighted by atomic mass is 16.5. The van der Waals surface area contributed by atoms with Gasteiger partial charge in [0.05, 0.1) is 12.3 Å². The van der Waals surface area contributed by atoms with E-state index in [9.17, 15) is 0 Å². The molecule has 1 aromatic rings. The van der Waals surface area contributed by atoms with Crippen LogP contribution in [0, 0.1) is 0 Å². The summed E-state index contributed by atoms with van der Waals surface area (Å²) in [7, 11) is 0. The van der Waals surface area contributed by atoms with E-state index in [1.165, 1.54) is 24.8 Å². The summed E-state index contributed by atoms with van der Waals surface area (Å²) in [6.45, 7) is 4.03. The van der Waals surface area contributed by atoms with E-state index in [-0.39, 0.29) is 6.04 Å². The van der Waals surface area contributed by atoms with Crippen LogP contribution in [0.15, 0.2) is 12.4 Å². The molecular formula is C14H26N4O. The number of nitrogens with zero attached hydrogens (tertiary/aromatic N) is 2. The monoisotopic (exact) mass is 266 g/mol. The van der Waals surface area contributed by atoms with Gasteiger partial charge in [-0.25, -0.2) is 0 Å². The van der Waals surface area contributed by atoms with Gasteiger partial charge in [0.25, 0.3) is 0 Å². The van der Waals surface area contributed by atoms with Gasteiger partial charge in [-0.2, -0.15) is 5.10 Å². The fourth-order valence-electron chi connectivity index (χ4n) is 2.64. The summed E-state index contributed by atoms with van der Waals surface area (Å²) >= 11 is 0. The molecule has 2 atom stereocenters. The molecule has 19 heavy (non-hydrogen) atoms. The molecule has 2 unspecified atom stereocenters. The minimum Gasteiger partial charge on any atom is -0.378 e. The molecule has 2 heterocycles. The Morgan fingerprint density at radius 2 is 2.47 bits per heavy atom. The molecule has 1 saturated heterocycles. The number of aromatic nitrogens is 2. The third-order valence-electron chi connectivity index (χ3n) is 3.76. The van der Waals surface area contributed by atoms with E-state index in [1.807, 2.05) is 10.9 Å². The van der Waals surface area contributed by atoms with Crippen molar-refractivity contribution in [2.45, 2.75) is 64.1 Å². The first kappa shape index (κ1) is 14.5. The van der Waals surface area contributed by atoms with Crippen LogP contribution < -0.4 is 11.3 Å². The molecule has 1 aromatic heterocycles. The predicted molar refractivity (Wildman–Crippen MR) is 75.4 cm³/mol. The van der Waals surface area contributed by atoms with Crippen LogP contribution in [-0.2, 0) is 11.3 Å². The Labute approximate surface area is 115 Å². The lowest BCUT2D eigenvalue weighted by molar-refractivity contribution is 0.00854. The van der Waals surface area contributed by atoms with Gasteiger partial charge in [-0.1, -0.05) is 6.92 Å². The summed E-state index contributed by atoms with van der Waals surface area (Å²) in [6.07, 6.45) is 11.3. The lowest BCUT2D eigenvalue weighted by Gasteiger charge is -2.24. The molecule has 1 aliphatic heterocycles. The van der Waals surface area contributed by atoms with Gasteiger partial charge < -0.3 is 4.74 Å². The van der Waals surface area contributed by atoms with Crippen molar-refractivity contribution in [3.8, 4) is 0 Å². The standard InChI is InChI=1S/C14H26N4O/c1-2-8-18-11-12(10-16-18)14(17-15)7-6-13-5-3-4-9-19-13/h10-11,13-14,17H,2-9,15H2,1H3. The quantitative estimate of drug-likeness (QED) is 0.586. The zero-order valence-electron chi connectivity index (χ0n) is 11.8. The highest BCUT2D eigenvalue weighted by molar-refractivity contribution is 5.10. The Morgan fingerprint density at radius 3 is 3.16 bits per heavy atom. The third kappa shape index (κ3) is 4.30. The van der Waals surface area contributed by atoms with Crippen molar-refractivity contribution in [3.63, 3.8) is 0 Å². The van der Waals surface area contributed by atoms with Crippen LogP contribution in [-0.4, -0.2) is 22.5 Å². The Balaban J connectivity index is 1.84. The maximum absolute atomic E-state index is 5.76. The summed E-state index contributed by atoms with van der Waals surface area (Å²) in [5.74, 6) is 5.68. The highest BCUT2D eigenvalue weighted by Crippen LogP contribution is 2.23. The molecule has 0 bridgehead atoms. The van der Waals surface area contributed by atoms with Gasteiger partial charge in [0, 0.05) is 31.0 Å². The van der Waals surface area contributed by atoms with Gasteiger partial charge in [0.1, 0.15) is 0 Å². The smallest absolute Gasteiger partial charge is 0.0575 e. The van der Waals surface area contributed by atoms with Crippen LogP contribution in [0.2, 0.25) is 0 Å². The zero-order valence-corrected chi connectivity index (χ0v) is 11.8. The minimum atomic E-state index is 0.177. The maximum Gasteiger partial charge on any atom is 0.0575 e. The Morgan fingerprint density at radius 1 is 1.58 bits per heavy atom. The van der Waals surface area contributed by atoms with Gasteiger partial charge in [0.2, 0.25) is 0 Å². The van der Waals surface area contributed by atoms with E-state index in [1.54, 1.807) is 0 Å². The number of nitrogens with one attached hydrogen (secondary N) is 1. The fourth-order valence-corrected chi connectivity index (χ4v) is 2.64. The fraction of sp³-hybridized carbons (Fsp3) is 0.786. The molecule has 0 saturated carbocycles. The summed E-state index contributed by atoms with van der Waals surface area (Å²) < 4.78 is 7.75. The van der Waals surface area contributed by atoms with Gasteiger partial charge in [-0.3, -0.25) is 16.0 Å². The molecule has 3 N–H and O–H groups in total. The second-order valence-corrected chi connectivity index (χ2v) is 5.32. The number of hydrogen-bond donors (Lipinski definition) is 2. The number of rotatable bonds is 7. The average Bonchev–Trinajstić information content (AvgIpc) is 2.90. The topological polar surface area (TPSA) is 65.1 Å². The first-order valence-corrected chi connectivity index (χ1v) is 7.43. The maximum atomic E-state index is 5.76. The van der Waals surface area contributed by atoms with E-state index in [2.05, 4.69) is 23.6 Å². The highest BCUT2D eigenvalue weighted by Gasteiger charge is 2.18. The number of hydrogen-bond acceptors (Lipinski definition) is 4. The van der Waals surface area contributed by atoms with Gasteiger partial charge in [-0.05, 0) is 38.5 Å². The first-order valence-electron chi connectivity index (χ1n) is 7.43. The van der Waals surface area contributed by atoms with Crippen LogP contribution in [0.4, 0.5) is 0 Å². The Bertz CT molecular complexity index is 360. The van der Waals surface area contributed by atoms with Gasteiger partial charge in [-0.15, -0.1) is 0 Å². The van der Waals surface area contributed by atoms with Crippen molar-refractivity contribution in [3.05, 3.63) is 18.0 Å². The number of hydrazine groups is 1. The summed E-state index contributed by atoms with van der Waals surface area (Å²) in [4.78, 5) is 0. The molecule has 0 aromatic carbocycles.